The first-order valence-electron chi connectivity index (χ1n) is 7.89. The van der Waals surface area contributed by atoms with Crippen molar-refractivity contribution in [3.63, 3.8) is 0 Å². The molecular formula is C17H28N2O2. The van der Waals surface area contributed by atoms with Crippen molar-refractivity contribution >= 4 is 5.69 Å². The van der Waals surface area contributed by atoms with E-state index in [1.54, 1.807) is 0 Å². The first-order valence-corrected chi connectivity index (χ1v) is 7.89. The van der Waals surface area contributed by atoms with Crippen LogP contribution < -0.4 is 4.90 Å². The SMILES string of the molecule is CCOC[C@@H](O)CN1CCC[C@H]1c1cccc(N(C)C)c1. The van der Waals surface area contributed by atoms with Crippen LogP contribution in [0.4, 0.5) is 5.69 Å². The lowest BCUT2D eigenvalue weighted by atomic mass is 10.0. The molecule has 118 valence electrons. The second-order valence-corrected chi connectivity index (χ2v) is 5.96. The number of benzene rings is 1. The van der Waals surface area contributed by atoms with Crippen LogP contribution in [-0.2, 0) is 4.74 Å². The van der Waals surface area contributed by atoms with E-state index in [0.717, 1.165) is 13.0 Å². The van der Waals surface area contributed by atoms with Crippen molar-refractivity contribution < 1.29 is 9.84 Å². The zero-order chi connectivity index (χ0) is 15.2. The fraction of sp³-hybridized carbons (Fsp3) is 0.647. The van der Waals surface area contributed by atoms with Crippen LogP contribution >= 0.6 is 0 Å². The summed E-state index contributed by atoms with van der Waals surface area (Å²) in [5, 5.41) is 10.1. The molecule has 4 heteroatoms. The third kappa shape index (κ3) is 4.43. The maximum absolute atomic E-state index is 10.1. The number of nitrogens with zero attached hydrogens (tertiary/aromatic N) is 2. The average molecular weight is 292 g/mol. The summed E-state index contributed by atoms with van der Waals surface area (Å²) in [4.78, 5) is 4.52. The van der Waals surface area contributed by atoms with Crippen LogP contribution in [0.25, 0.3) is 0 Å². The Morgan fingerprint density at radius 2 is 2.24 bits per heavy atom. The highest BCUT2D eigenvalue weighted by Gasteiger charge is 2.27. The molecule has 0 spiro atoms. The predicted molar refractivity (Wildman–Crippen MR) is 86.8 cm³/mol. The summed E-state index contributed by atoms with van der Waals surface area (Å²) < 4.78 is 5.31. The number of β-amino-alcohol motifs (C(OH)–C–C–N with tert-alkyl or cyclic N) is 1. The van der Waals surface area contributed by atoms with Gasteiger partial charge in [0.1, 0.15) is 0 Å². The molecule has 1 fully saturated rings. The molecule has 1 heterocycles. The molecular weight excluding hydrogens is 264 g/mol. The fourth-order valence-electron chi connectivity index (χ4n) is 3.01. The van der Waals surface area contributed by atoms with Gasteiger partial charge >= 0.3 is 0 Å². The van der Waals surface area contributed by atoms with Crippen molar-refractivity contribution in [1.82, 2.24) is 4.90 Å². The van der Waals surface area contributed by atoms with Gasteiger partial charge in [-0.25, -0.2) is 0 Å². The number of anilines is 1. The molecule has 0 aromatic heterocycles. The summed E-state index contributed by atoms with van der Waals surface area (Å²) in [6.07, 6.45) is 1.96. The zero-order valence-corrected chi connectivity index (χ0v) is 13.5. The molecule has 1 aromatic rings. The molecule has 2 atom stereocenters. The third-order valence-electron chi connectivity index (χ3n) is 4.09. The highest BCUT2D eigenvalue weighted by molar-refractivity contribution is 5.48. The quantitative estimate of drug-likeness (QED) is 0.836. The lowest BCUT2D eigenvalue weighted by molar-refractivity contribution is 0.0186. The van der Waals surface area contributed by atoms with Gasteiger partial charge in [0.05, 0.1) is 12.7 Å². The minimum Gasteiger partial charge on any atom is -0.389 e. The van der Waals surface area contributed by atoms with Gasteiger partial charge in [0.15, 0.2) is 0 Å². The Kier molecular flexibility index (Phi) is 6.03. The smallest absolute Gasteiger partial charge is 0.0900 e. The van der Waals surface area contributed by atoms with E-state index in [9.17, 15) is 5.11 Å². The molecule has 0 bridgehead atoms. The molecule has 1 N–H and O–H groups in total. The molecule has 2 rings (SSSR count). The van der Waals surface area contributed by atoms with Crippen molar-refractivity contribution in [1.29, 1.82) is 0 Å². The van der Waals surface area contributed by atoms with Gasteiger partial charge in [-0.15, -0.1) is 0 Å². The topological polar surface area (TPSA) is 35.9 Å². The van der Waals surface area contributed by atoms with Crippen LogP contribution in [0.2, 0.25) is 0 Å². The standard InChI is InChI=1S/C17H28N2O2/c1-4-21-13-16(20)12-19-10-6-9-17(19)14-7-5-8-15(11-14)18(2)3/h5,7-8,11,16-17,20H,4,6,9-10,12-13H2,1-3H3/t16-,17-/m0/s1. The molecule has 0 saturated carbocycles. The van der Waals surface area contributed by atoms with E-state index < -0.39 is 6.10 Å². The van der Waals surface area contributed by atoms with E-state index in [1.807, 2.05) is 6.92 Å². The van der Waals surface area contributed by atoms with Crippen molar-refractivity contribution in [3.8, 4) is 0 Å². The lowest BCUT2D eigenvalue weighted by Gasteiger charge is -2.27. The summed E-state index contributed by atoms with van der Waals surface area (Å²) in [6, 6.07) is 9.13. The first kappa shape index (κ1) is 16.3. The Balaban J connectivity index is 2.02. The van der Waals surface area contributed by atoms with Crippen molar-refractivity contribution in [2.24, 2.45) is 0 Å². The van der Waals surface area contributed by atoms with Gasteiger partial charge in [-0.2, -0.15) is 0 Å². The average Bonchev–Trinajstić information content (AvgIpc) is 2.93. The Morgan fingerprint density at radius 1 is 1.43 bits per heavy atom. The maximum Gasteiger partial charge on any atom is 0.0900 e. The van der Waals surface area contributed by atoms with E-state index in [-0.39, 0.29) is 0 Å². The largest absolute Gasteiger partial charge is 0.389 e. The van der Waals surface area contributed by atoms with Crippen molar-refractivity contribution in [2.75, 3.05) is 45.3 Å². The van der Waals surface area contributed by atoms with E-state index in [0.29, 0.717) is 25.8 Å². The lowest BCUT2D eigenvalue weighted by Crippen LogP contribution is -2.34. The highest BCUT2D eigenvalue weighted by Crippen LogP contribution is 2.33. The molecule has 0 amide bonds. The van der Waals surface area contributed by atoms with Crippen LogP contribution in [-0.4, -0.2) is 56.5 Å². The summed E-state index contributed by atoms with van der Waals surface area (Å²) in [7, 11) is 4.13. The van der Waals surface area contributed by atoms with Gasteiger partial charge in [0, 0.05) is 39.0 Å². The molecule has 1 aliphatic rings. The van der Waals surface area contributed by atoms with Gasteiger partial charge in [-0.1, -0.05) is 12.1 Å². The van der Waals surface area contributed by atoms with E-state index in [2.05, 4.69) is 48.2 Å². The number of aliphatic hydroxyl groups is 1. The predicted octanol–water partition coefficient (Wildman–Crippen LogP) is 2.29. The molecule has 0 aliphatic carbocycles. The van der Waals surface area contributed by atoms with Crippen LogP contribution in [0.3, 0.4) is 0 Å². The fourth-order valence-corrected chi connectivity index (χ4v) is 3.01. The second-order valence-electron chi connectivity index (χ2n) is 5.96. The molecule has 4 nitrogen and oxygen atoms in total. The molecule has 21 heavy (non-hydrogen) atoms. The number of rotatable bonds is 7. The van der Waals surface area contributed by atoms with Crippen molar-refractivity contribution in [2.45, 2.75) is 31.9 Å². The van der Waals surface area contributed by atoms with E-state index in [4.69, 9.17) is 4.74 Å². The Bertz CT molecular complexity index is 437. The maximum atomic E-state index is 10.1. The van der Waals surface area contributed by atoms with Crippen LogP contribution in [0.5, 0.6) is 0 Å². The molecule has 1 saturated heterocycles. The minimum atomic E-state index is -0.400. The van der Waals surface area contributed by atoms with Crippen LogP contribution in [0.1, 0.15) is 31.4 Å². The zero-order valence-electron chi connectivity index (χ0n) is 13.5. The number of likely N-dealkylation sites (tertiary alicyclic amines) is 1. The Hall–Kier alpha value is -1.10. The molecule has 1 aliphatic heterocycles. The number of hydrogen-bond donors (Lipinski definition) is 1. The van der Waals surface area contributed by atoms with Crippen LogP contribution in [0.15, 0.2) is 24.3 Å². The first-order chi connectivity index (χ1) is 10.1. The highest BCUT2D eigenvalue weighted by atomic mass is 16.5. The summed E-state index contributed by atoms with van der Waals surface area (Å²) >= 11 is 0. The summed E-state index contributed by atoms with van der Waals surface area (Å²) in [5.74, 6) is 0. The van der Waals surface area contributed by atoms with Gasteiger partial charge in [0.25, 0.3) is 0 Å². The molecule has 0 radical (unpaired) electrons. The monoisotopic (exact) mass is 292 g/mol. The van der Waals surface area contributed by atoms with Crippen molar-refractivity contribution in [3.05, 3.63) is 29.8 Å². The third-order valence-corrected chi connectivity index (χ3v) is 4.09. The van der Waals surface area contributed by atoms with Gasteiger partial charge < -0.3 is 14.7 Å². The van der Waals surface area contributed by atoms with Gasteiger partial charge in [-0.05, 0) is 44.0 Å². The van der Waals surface area contributed by atoms with Gasteiger partial charge in [-0.3, -0.25) is 4.90 Å². The van der Waals surface area contributed by atoms with Crippen LogP contribution in [0, 0.1) is 0 Å². The van der Waals surface area contributed by atoms with Gasteiger partial charge in [0.2, 0.25) is 0 Å². The number of ether oxygens (including phenoxy) is 1. The minimum absolute atomic E-state index is 0.400. The Morgan fingerprint density at radius 3 is 2.95 bits per heavy atom. The van der Waals surface area contributed by atoms with E-state index in [1.165, 1.54) is 17.7 Å². The normalized spacial score (nSPS) is 20.7. The number of aliphatic hydroxyl groups excluding tert-OH is 1. The Labute approximate surface area is 128 Å². The summed E-state index contributed by atoms with van der Waals surface area (Å²) in [6.45, 7) is 4.79. The molecule has 0 unspecified atom stereocenters. The molecule has 1 aromatic carbocycles. The van der Waals surface area contributed by atoms with E-state index >= 15 is 0 Å². The number of hydrogen-bond acceptors (Lipinski definition) is 4. The summed E-state index contributed by atoms with van der Waals surface area (Å²) in [5.41, 5.74) is 2.58. The second kappa shape index (κ2) is 7.78.